The van der Waals surface area contributed by atoms with Crippen molar-refractivity contribution >= 4 is 27.5 Å². The van der Waals surface area contributed by atoms with Gasteiger partial charge in [-0.05, 0) is 37.5 Å². The quantitative estimate of drug-likeness (QED) is 0.877. The first-order valence-corrected chi connectivity index (χ1v) is 6.74. The number of halogens is 1. The highest BCUT2D eigenvalue weighted by Gasteiger charge is 2.22. The van der Waals surface area contributed by atoms with Crippen molar-refractivity contribution in [3.8, 4) is 0 Å². The Labute approximate surface area is 110 Å². The molecule has 0 bridgehead atoms. The van der Waals surface area contributed by atoms with Crippen molar-refractivity contribution in [2.24, 2.45) is 0 Å². The van der Waals surface area contributed by atoms with Crippen LogP contribution in [0.5, 0.6) is 0 Å². The lowest BCUT2D eigenvalue weighted by Crippen LogP contribution is -2.27. The summed E-state index contributed by atoms with van der Waals surface area (Å²) in [5.74, 6) is 0.146. The maximum Gasteiger partial charge on any atom is 0.221 e. The number of benzene rings is 1. The van der Waals surface area contributed by atoms with Crippen molar-refractivity contribution in [3.63, 3.8) is 0 Å². The summed E-state index contributed by atoms with van der Waals surface area (Å²) >= 11 is 3.49. The number of hydrogen-bond acceptors (Lipinski definition) is 2. The van der Waals surface area contributed by atoms with Gasteiger partial charge in [0, 0.05) is 29.2 Å². The van der Waals surface area contributed by atoms with Crippen molar-refractivity contribution in [2.45, 2.75) is 32.2 Å². The predicted octanol–water partition coefficient (Wildman–Crippen LogP) is 2.84. The minimum absolute atomic E-state index is 0.146. The summed E-state index contributed by atoms with van der Waals surface area (Å²) in [5, 5.41) is 6.27. The van der Waals surface area contributed by atoms with Gasteiger partial charge in [0.05, 0.1) is 0 Å². The number of carbonyl (C=O) groups excluding carboxylic acids is 1. The monoisotopic (exact) mass is 296 g/mol. The smallest absolute Gasteiger partial charge is 0.221 e. The Kier molecular flexibility index (Phi) is 4.05. The average Bonchev–Trinajstić information content (AvgIpc) is 3.08. The summed E-state index contributed by atoms with van der Waals surface area (Å²) < 4.78 is 1.09. The summed E-state index contributed by atoms with van der Waals surface area (Å²) in [5.41, 5.74) is 2.26. The number of amides is 1. The molecule has 0 unspecified atom stereocenters. The molecule has 4 heteroatoms. The average molecular weight is 297 g/mol. The van der Waals surface area contributed by atoms with Crippen LogP contribution in [-0.4, -0.2) is 18.5 Å². The lowest BCUT2D eigenvalue weighted by molar-refractivity contribution is -0.120. The standard InChI is InChI=1S/C13H17BrN2O/c1-9-11(14)3-2-4-12(9)15-8-7-13(17)16-10-5-6-10/h2-4,10,15H,5-8H2,1H3,(H,16,17). The zero-order valence-corrected chi connectivity index (χ0v) is 11.5. The van der Waals surface area contributed by atoms with Crippen molar-refractivity contribution < 1.29 is 4.79 Å². The van der Waals surface area contributed by atoms with Gasteiger partial charge in [-0.1, -0.05) is 22.0 Å². The molecule has 0 saturated heterocycles. The second-order valence-corrected chi connectivity index (χ2v) is 5.29. The zero-order valence-electron chi connectivity index (χ0n) is 9.92. The lowest BCUT2D eigenvalue weighted by Gasteiger charge is -2.10. The van der Waals surface area contributed by atoms with E-state index in [2.05, 4.69) is 33.5 Å². The molecule has 0 radical (unpaired) electrons. The van der Waals surface area contributed by atoms with E-state index >= 15 is 0 Å². The van der Waals surface area contributed by atoms with Crippen LogP contribution in [0.15, 0.2) is 22.7 Å². The Hall–Kier alpha value is -1.03. The van der Waals surface area contributed by atoms with Crippen LogP contribution >= 0.6 is 15.9 Å². The Morgan fingerprint density at radius 3 is 2.94 bits per heavy atom. The molecule has 2 rings (SSSR count). The molecule has 3 nitrogen and oxygen atoms in total. The fraction of sp³-hybridized carbons (Fsp3) is 0.462. The van der Waals surface area contributed by atoms with E-state index in [-0.39, 0.29) is 5.91 Å². The molecule has 1 aliphatic rings. The summed E-state index contributed by atoms with van der Waals surface area (Å²) in [6, 6.07) is 6.48. The Balaban J connectivity index is 1.77. The van der Waals surface area contributed by atoms with Gasteiger partial charge in [0.25, 0.3) is 0 Å². The topological polar surface area (TPSA) is 41.1 Å². The van der Waals surface area contributed by atoms with Gasteiger partial charge >= 0.3 is 0 Å². The molecule has 1 aliphatic carbocycles. The van der Waals surface area contributed by atoms with E-state index in [0.29, 0.717) is 19.0 Å². The summed E-state index contributed by atoms with van der Waals surface area (Å²) in [6.07, 6.45) is 2.82. The van der Waals surface area contributed by atoms with Crippen LogP contribution in [0.2, 0.25) is 0 Å². The molecule has 0 spiro atoms. The number of anilines is 1. The second-order valence-electron chi connectivity index (χ2n) is 4.43. The molecule has 1 fully saturated rings. The van der Waals surface area contributed by atoms with Gasteiger partial charge in [-0.25, -0.2) is 0 Å². The molecule has 17 heavy (non-hydrogen) atoms. The third-order valence-corrected chi connectivity index (χ3v) is 3.74. The second kappa shape index (κ2) is 5.54. The van der Waals surface area contributed by atoms with Crippen LogP contribution in [0.4, 0.5) is 5.69 Å². The third-order valence-electron chi connectivity index (χ3n) is 2.88. The number of hydrogen-bond donors (Lipinski definition) is 2. The minimum atomic E-state index is 0.146. The fourth-order valence-electron chi connectivity index (χ4n) is 1.64. The van der Waals surface area contributed by atoms with Crippen molar-refractivity contribution in [2.75, 3.05) is 11.9 Å². The number of nitrogens with one attached hydrogen (secondary N) is 2. The molecule has 1 saturated carbocycles. The Bertz CT molecular complexity index is 416. The van der Waals surface area contributed by atoms with E-state index in [4.69, 9.17) is 0 Å². The third kappa shape index (κ3) is 3.73. The first-order chi connectivity index (χ1) is 8.16. The van der Waals surface area contributed by atoms with Crippen LogP contribution < -0.4 is 10.6 Å². The Morgan fingerprint density at radius 1 is 1.47 bits per heavy atom. The SMILES string of the molecule is Cc1c(Br)cccc1NCCC(=O)NC1CC1. The molecule has 0 atom stereocenters. The lowest BCUT2D eigenvalue weighted by atomic mass is 10.2. The van der Waals surface area contributed by atoms with Crippen LogP contribution in [0.1, 0.15) is 24.8 Å². The predicted molar refractivity (Wildman–Crippen MR) is 73.2 cm³/mol. The Morgan fingerprint density at radius 2 is 2.24 bits per heavy atom. The zero-order chi connectivity index (χ0) is 12.3. The van der Waals surface area contributed by atoms with E-state index in [1.54, 1.807) is 0 Å². The maximum atomic E-state index is 11.5. The van der Waals surface area contributed by atoms with Crippen molar-refractivity contribution in [1.29, 1.82) is 0 Å². The molecule has 92 valence electrons. The van der Waals surface area contributed by atoms with Crippen LogP contribution in [0.3, 0.4) is 0 Å². The minimum Gasteiger partial charge on any atom is -0.384 e. The largest absolute Gasteiger partial charge is 0.384 e. The van der Waals surface area contributed by atoms with E-state index in [1.807, 2.05) is 18.2 Å². The summed E-state index contributed by atoms with van der Waals surface area (Å²) in [4.78, 5) is 11.5. The van der Waals surface area contributed by atoms with Gasteiger partial charge in [-0.15, -0.1) is 0 Å². The molecule has 0 aromatic heterocycles. The van der Waals surface area contributed by atoms with Gasteiger partial charge in [0.2, 0.25) is 5.91 Å². The van der Waals surface area contributed by atoms with E-state index in [1.165, 1.54) is 5.56 Å². The molecule has 1 amide bonds. The molecular formula is C13H17BrN2O. The highest BCUT2D eigenvalue weighted by atomic mass is 79.9. The molecule has 1 aromatic rings. The van der Waals surface area contributed by atoms with Crippen LogP contribution in [-0.2, 0) is 4.79 Å². The van der Waals surface area contributed by atoms with Crippen molar-refractivity contribution in [1.82, 2.24) is 5.32 Å². The maximum absolute atomic E-state index is 11.5. The van der Waals surface area contributed by atoms with Gasteiger partial charge in [0.1, 0.15) is 0 Å². The first kappa shape index (κ1) is 12.4. The summed E-state index contributed by atoms with van der Waals surface area (Å²) in [7, 11) is 0. The number of carbonyl (C=O) groups is 1. The van der Waals surface area contributed by atoms with Crippen LogP contribution in [0, 0.1) is 6.92 Å². The number of rotatable bonds is 5. The first-order valence-electron chi connectivity index (χ1n) is 5.95. The van der Waals surface area contributed by atoms with Crippen LogP contribution in [0.25, 0.3) is 0 Å². The van der Waals surface area contributed by atoms with Crippen molar-refractivity contribution in [3.05, 3.63) is 28.2 Å². The molecular weight excluding hydrogens is 280 g/mol. The van der Waals surface area contributed by atoms with E-state index in [0.717, 1.165) is 23.0 Å². The highest BCUT2D eigenvalue weighted by Crippen LogP contribution is 2.23. The highest BCUT2D eigenvalue weighted by molar-refractivity contribution is 9.10. The molecule has 0 aliphatic heterocycles. The van der Waals surface area contributed by atoms with Gasteiger partial charge in [-0.2, -0.15) is 0 Å². The van der Waals surface area contributed by atoms with E-state index < -0.39 is 0 Å². The molecule has 1 aromatic carbocycles. The van der Waals surface area contributed by atoms with Gasteiger partial charge in [-0.3, -0.25) is 4.79 Å². The normalized spacial score (nSPS) is 14.5. The van der Waals surface area contributed by atoms with E-state index in [9.17, 15) is 4.79 Å². The molecule has 0 heterocycles. The van der Waals surface area contributed by atoms with Gasteiger partial charge in [0.15, 0.2) is 0 Å². The fourth-order valence-corrected chi connectivity index (χ4v) is 2.00. The van der Waals surface area contributed by atoms with Gasteiger partial charge < -0.3 is 10.6 Å². The summed E-state index contributed by atoms with van der Waals surface area (Å²) in [6.45, 7) is 2.73. The molecule has 2 N–H and O–H groups in total.